The molecule has 2 aromatic rings. The third-order valence-electron chi connectivity index (χ3n) is 4.21. The lowest BCUT2D eigenvalue weighted by Gasteiger charge is -2.16. The first kappa shape index (κ1) is 15.7. The summed E-state index contributed by atoms with van der Waals surface area (Å²) in [5.74, 6) is -0.179. The first-order valence-corrected chi connectivity index (χ1v) is 7.42. The molecular weight excluding hydrogens is 265 g/mol. The smallest absolute Gasteiger partial charge is 0.123 e. The number of likely N-dealkylation sites (N-methyl/N-ethyl adjacent to an activating group) is 1. The molecule has 3 nitrogen and oxygen atoms in total. The van der Waals surface area contributed by atoms with Crippen LogP contribution in [0, 0.1) is 19.7 Å². The van der Waals surface area contributed by atoms with Gasteiger partial charge in [0.1, 0.15) is 5.82 Å². The second-order valence-corrected chi connectivity index (χ2v) is 5.63. The molecule has 0 amide bonds. The van der Waals surface area contributed by atoms with Gasteiger partial charge in [0.2, 0.25) is 0 Å². The molecule has 0 aliphatic heterocycles. The molecule has 1 heterocycles. The fourth-order valence-electron chi connectivity index (χ4n) is 2.75. The average Bonchev–Trinajstić information content (AvgIpc) is 2.71. The van der Waals surface area contributed by atoms with Crippen LogP contribution in [0.15, 0.2) is 24.3 Å². The monoisotopic (exact) mass is 289 g/mol. The summed E-state index contributed by atoms with van der Waals surface area (Å²) < 4.78 is 14.9. The van der Waals surface area contributed by atoms with E-state index in [9.17, 15) is 4.39 Å². The highest BCUT2D eigenvalue weighted by Crippen LogP contribution is 2.16. The van der Waals surface area contributed by atoms with Crippen molar-refractivity contribution >= 4 is 0 Å². The highest BCUT2D eigenvalue weighted by molar-refractivity contribution is 5.24. The zero-order chi connectivity index (χ0) is 15.4. The Morgan fingerprint density at radius 1 is 1.24 bits per heavy atom. The summed E-state index contributed by atoms with van der Waals surface area (Å²) in [6, 6.07) is 7.16. The number of hydrogen-bond acceptors (Lipinski definition) is 2. The van der Waals surface area contributed by atoms with Gasteiger partial charge in [-0.3, -0.25) is 4.68 Å². The zero-order valence-corrected chi connectivity index (χ0v) is 13.3. The first-order valence-electron chi connectivity index (χ1n) is 7.42. The van der Waals surface area contributed by atoms with Crippen molar-refractivity contribution in [3.63, 3.8) is 0 Å². The normalized spacial score (nSPS) is 12.6. The molecule has 1 N–H and O–H groups in total. The summed E-state index contributed by atoms with van der Waals surface area (Å²) in [4.78, 5) is 0. The average molecular weight is 289 g/mol. The second kappa shape index (κ2) is 6.85. The standard InChI is InChI=1S/C17H24FN3/c1-12-17(13(2)21(4)20-12)10-9-16(19-3)11-14-5-7-15(18)8-6-14/h5-8,16,19H,9-11H2,1-4H3. The second-order valence-electron chi connectivity index (χ2n) is 5.63. The summed E-state index contributed by atoms with van der Waals surface area (Å²) in [5, 5.41) is 7.82. The summed E-state index contributed by atoms with van der Waals surface area (Å²) >= 11 is 0. The molecule has 1 aromatic heterocycles. The van der Waals surface area contributed by atoms with Crippen molar-refractivity contribution in [3.05, 3.63) is 52.6 Å². The highest BCUT2D eigenvalue weighted by Gasteiger charge is 2.13. The van der Waals surface area contributed by atoms with Crippen LogP contribution in [0.5, 0.6) is 0 Å². The van der Waals surface area contributed by atoms with E-state index in [1.807, 2.05) is 30.9 Å². The fourth-order valence-corrected chi connectivity index (χ4v) is 2.75. The number of nitrogens with zero attached hydrogens (tertiary/aromatic N) is 2. The van der Waals surface area contributed by atoms with E-state index in [0.717, 1.165) is 30.5 Å². The maximum atomic E-state index is 12.9. The summed E-state index contributed by atoms with van der Waals surface area (Å²) in [6.45, 7) is 4.18. The molecule has 0 saturated heterocycles. The van der Waals surface area contributed by atoms with E-state index in [4.69, 9.17) is 0 Å². The van der Waals surface area contributed by atoms with Gasteiger partial charge in [0, 0.05) is 18.8 Å². The first-order chi connectivity index (χ1) is 10.0. The Morgan fingerprint density at radius 2 is 1.90 bits per heavy atom. The maximum absolute atomic E-state index is 12.9. The van der Waals surface area contributed by atoms with Crippen LogP contribution < -0.4 is 5.32 Å². The largest absolute Gasteiger partial charge is 0.317 e. The minimum atomic E-state index is -0.179. The van der Waals surface area contributed by atoms with E-state index >= 15 is 0 Å². The van der Waals surface area contributed by atoms with Crippen LogP contribution in [-0.2, 0) is 19.9 Å². The number of rotatable bonds is 6. The van der Waals surface area contributed by atoms with E-state index in [0.29, 0.717) is 6.04 Å². The topological polar surface area (TPSA) is 29.9 Å². The van der Waals surface area contributed by atoms with Gasteiger partial charge in [0.05, 0.1) is 5.69 Å². The molecule has 0 aliphatic carbocycles. The molecule has 0 aliphatic rings. The Kier molecular flexibility index (Phi) is 5.12. The fraction of sp³-hybridized carbons (Fsp3) is 0.471. The summed E-state index contributed by atoms with van der Waals surface area (Å²) in [6.07, 6.45) is 2.97. The van der Waals surface area contributed by atoms with Crippen LogP contribution in [0.3, 0.4) is 0 Å². The quantitative estimate of drug-likeness (QED) is 0.886. The Hall–Kier alpha value is -1.68. The molecule has 2 rings (SSSR count). The molecule has 0 spiro atoms. The van der Waals surface area contributed by atoms with Crippen molar-refractivity contribution in [1.29, 1.82) is 0 Å². The van der Waals surface area contributed by atoms with Crippen molar-refractivity contribution < 1.29 is 4.39 Å². The van der Waals surface area contributed by atoms with Gasteiger partial charge < -0.3 is 5.32 Å². The molecule has 1 atom stereocenters. The van der Waals surface area contributed by atoms with Gasteiger partial charge in [0.15, 0.2) is 0 Å². The van der Waals surface area contributed by atoms with Crippen LogP contribution >= 0.6 is 0 Å². The van der Waals surface area contributed by atoms with Crippen LogP contribution in [-0.4, -0.2) is 22.9 Å². The molecule has 0 bridgehead atoms. The molecule has 0 saturated carbocycles. The molecule has 0 fully saturated rings. The van der Waals surface area contributed by atoms with E-state index in [1.165, 1.54) is 23.4 Å². The van der Waals surface area contributed by atoms with Gasteiger partial charge in [0.25, 0.3) is 0 Å². The van der Waals surface area contributed by atoms with Gasteiger partial charge in [-0.1, -0.05) is 12.1 Å². The number of hydrogen-bond donors (Lipinski definition) is 1. The number of benzene rings is 1. The molecule has 114 valence electrons. The minimum Gasteiger partial charge on any atom is -0.317 e. The van der Waals surface area contributed by atoms with Gasteiger partial charge >= 0.3 is 0 Å². The van der Waals surface area contributed by atoms with Crippen LogP contribution in [0.1, 0.15) is 28.9 Å². The SMILES string of the molecule is CNC(CCc1c(C)nn(C)c1C)Cc1ccc(F)cc1. The van der Waals surface area contributed by atoms with E-state index in [1.54, 1.807) is 0 Å². The van der Waals surface area contributed by atoms with Gasteiger partial charge in [-0.05, 0) is 63.4 Å². The zero-order valence-electron chi connectivity index (χ0n) is 13.3. The molecular formula is C17H24FN3. The van der Waals surface area contributed by atoms with E-state index < -0.39 is 0 Å². The molecule has 21 heavy (non-hydrogen) atoms. The summed E-state index contributed by atoms with van der Waals surface area (Å²) in [5.41, 5.74) is 4.86. The Labute approximate surface area is 126 Å². The predicted octanol–water partition coefficient (Wildman–Crippen LogP) is 2.94. The minimum absolute atomic E-state index is 0.179. The Bertz CT molecular complexity index is 587. The Balaban J connectivity index is 1.98. The van der Waals surface area contributed by atoms with Crippen molar-refractivity contribution in [1.82, 2.24) is 15.1 Å². The Morgan fingerprint density at radius 3 is 2.43 bits per heavy atom. The van der Waals surface area contributed by atoms with Gasteiger partial charge in [-0.2, -0.15) is 5.10 Å². The van der Waals surface area contributed by atoms with Gasteiger partial charge in [-0.15, -0.1) is 0 Å². The number of aryl methyl sites for hydroxylation is 2. The molecule has 4 heteroatoms. The number of halogens is 1. The van der Waals surface area contributed by atoms with Crippen LogP contribution in [0.4, 0.5) is 4.39 Å². The molecule has 1 unspecified atom stereocenters. The van der Waals surface area contributed by atoms with Crippen molar-refractivity contribution in [3.8, 4) is 0 Å². The number of aromatic nitrogens is 2. The maximum Gasteiger partial charge on any atom is 0.123 e. The lowest BCUT2D eigenvalue weighted by Crippen LogP contribution is -2.28. The van der Waals surface area contributed by atoms with Crippen molar-refractivity contribution in [2.24, 2.45) is 7.05 Å². The summed E-state index contributed by atoms with van der Waals surface area (Å²) in [7, 11) is 3.97. The lowest BCUT2D eigenvalue weighted by molar-refractivity contribution is 0.518. The van der Waals surface area contributed by atoms with Gasteiger partial charge in [-0.25, -0.2) is 4.39 Å². The molecule has 1 aromatic carbocycles. The highest BCUT2D eigenvalue weighted by atomic mass is 19.1. The van der Waals surface area contributed by atoms with E-state index in [-0.39, 0.29) is 5.82 Å². The van der Waals surface area contributed by atoms with Crippen molar-refractivity contribution in [2.75, 3.05) is 7.05 Å². The third-order valence-corrected chi connectivity index (χ3v) is 4.21. The molecule has 0 radical (unpaired) electrons. The number of nitrogens with one attached hydrogen (secondary N) is 1. The third kappa shape index (κ3) is 3.91. The van der Waals surface area contributed by atoms with Crippen LogP contribution in [0.25, 0.3) is 0 Å². The van der Waals surface area contributed by atoms with E-state index in [2.05, 4.69) is 24.3 Å². The van der Waals surface area contributed by atoms with Crippen molar-refractivity contribution in [2.45, 2.75) is 39.2 Å². The lowest BCUT2D eigenvalue weighted by atomic mass is 9.98. The van der Waals surface area contributed by atoms with Crippen LogP contribution in [0.2, 0.25) is 0 Å². The predicted molar refractivity (Wildman–Crippen MR) is 84.0 cm³/mol.